The summed E-state index contributed by atoms with van der Waals surface area (Å²) in [7, 11) is 1.77. The van der Waals surface area contributed by atoms with Gasteiger partial charge in [0.05, 0.1) is 13.2 Å². The smallest absolute Gasteiger partial charge is 0.191 e. The van der Waals surface area contributed by atoms with Gasteiger partial charge < -0.3 is 15.4 Å². The second-order valence-electron chi connectivity index (χ2n) is 8.38. The quantitative estimate of drug-likeness (QED) is 0.543. The second kappa shape index (κ2) is 11.0. The second-order valence-corrected chi connectivity index (χ2v) is 8.38. The number of likely N-dealkylation sites (tertiary alicyclic amines) is 1. The van der Waals surface area contributed by atoms with Crippen LogP contribution >= 0.6 is 0 Å². The lowest BCUT2D eigenvalue weighted by molar-refractivity contribution is -0.0174. The van der Waals surface area contributed by atoms with Crippen LogP contribution in [-0.2, 0) is 11.3 Å². The van der Waals surface area contributed by atoms with Crippen molar-refractivity contribution in [3.05, 3.63) is 35.4 Å². The van der Waals surface area contributed by atoms with Crippen LogP contribution in [-0.4, -0.2) is 80.3 Å². The molecule has 30 heavy (non-hydrogen) atoms. The van der Waals surface area contributed by atoms with Gasteiger partial charge in [-0.25, -0.2) is 8.78 Å². The van der Waals surface area contributed by atoms with Crippen LogP contribution in [0.5, 0.6) is 0 Å². The highest BCUT2D eigenvalue weighted by Gasteiger charge is 2.25. The molecule has 2 aliphatic heterocycles. The number of hydrogen-bond acceptors (Lipinski definition) is 4. The van der Waals surface area contributed by atoms with Gasteiger partial charge in [0, 0.05) is 56.9 Å². The van der Waals surface area contributed by atoms with Gasteiger partial charge in [-0.1, -0.05) is 6.07 Å². The van der Waals surface area contributed by atoms with Gasteiger partial charge in [-0.05, 0) is 45.4 Å². The lowest BCUT2D eigenvalue weighted by Gasteiger charge is -2.38. The van der Waals surface area contributed by atoms with Crippen molar-refractivity contribution < 1.29 is 13.5 Å². The van der Waals surface area contributed by atoms with E-state index in [1.54, 1.807) is 7.05 Å². The Hall–Kier alpha value is -1.77. The van der Waals surface area contributed by atoms with Crippen LogP contribution in [0.15, 0.2) is 23.2 Å². The van der Waals surface area contributed by atoms with Gasteiger partial charge in [0.25, 0.3) is 0 Å². The molecule has 8 heteroatoms. The van der Waals surface area contributed by atoms with Crippen molar-refractivity contribution in [3.63, 3.8) is 0 Å². The van der Waals surface area contributed by atoms with E-state index in [0.717, 1.165) is 58.2 Å². The minimum atomic E-state index is -0.478. The Labute approximate surface area is 178 Å². The molecule has 0 spiro atoms. The molecular formula is C22H35F2N5O. The summed E-state index contributed by atoms with van der Waals surface area (Å²) in [5, 5.41) is 6.92. The number of ether oxygens (including phenoxy) is 1. The molecule has 0 aromatic heterocycles. The molecule has 0 radical (unpaired) electrons. The minimum Gasteiger partial charge on any atom is -0.379 e. The number of rotatable bonds is 6. The van der Waals surface area contributed by atoms with E-state index in [4.69, 9.17) is 4.74 Å². The third kappa shape index (κ3) is 6.12. The van der Waals surface area contributed by atoms with Crippen molar-refractivity contribution in [1.82, 2.24) is 20.4 Å². The molecule has 6 nitrogen and oxygen atoms in total. The van der Waals surface area contributed by atoms with Crippen molar-refractivity contribution in [2.45, 2.75) is 51.4 Å². The van der Waals surface area contributed by atoms with Crippen molar-refractivity contribution in [2.75, 3.05) is 46.4 Å². The molecule has 0 aliphatic carbocycles. The standard InChI is InChI=1S/C22H35F2N5O/c1-16(29-10-11-30-15-17(29)2)12-26-22(25-3)27-18-6-5-9-28(13-18)14-19-20(23)7-4-8-21(19)24/h4,7-8,16-18H,5-6,9-15H2,1-3H3,(H2,25,26,27). The SMILES string of the molecule is CN=C(NCC(C)N1CCOCC1C)NC1CCCN(Cc2c(F)cccc2F)C1. The van der Waals surface area contributed by atoms with Crippen molar-refractivity contribution in [2.24, 2.45) is 4.99 Å². The van der Waals surface area contributed by atoms with Gasteiger partial charge in [-0.3, -0.25) is 14.8 Å². The summed E-state index contributed by atoms with van der Waals surface area (Å²) in [5.74, 6) is -0.186. The van der Waals surface area contributed by atoms with Gasteiger partial charge in [-0.15, -0.1) is 0 Å². The molecule has 3 rings (SSSR count). The Morgan fingerprint density at radius 2 is 2.07 bits per heavy atom. The van der Waals surface area contributed by atoms with Crippen LogP contribution in [0.3, 0.4) is 0 Å². The molecule has 3 unspecified atom stereocenters. The van der Waals surface area contributed by atoms with E-state index in [1.165, 1.54) is 18.2 Å². The Balaban J connectivity index is 1.49. The Morgan fingerprint density at radius 3 is 2.77 bits per heavy atom. The molecule has 2 heterocycles. The van der Waals surface area contributed by atoms with E-state index < -0.39 is 11.6 Å². The van der Waals surface area contributed by atoms with Crippen LogP contribution in [0.25, 0.3) is 0 Å². The van der Waals surface area contributed by atoms with Crippen LogP contribution < -0.4 is 10.6 Å². The first-order chi connectivity index (χ1) is 14.5. The lowest BCUT2D eigenvalue weighted by atomic mass is 10.0. The molecule has 0 amide bonds. The summed E-state index contributed by atoms with van der Waals surface area (Å²) in [6.07, 6.45) is 1.99. The average molecular weight is 424 g/mol. The highest BCUT2D eigenvalue weighted by atomic mass is 19.1. The molecule has 168 valence electrons. The van der Waals surface area contributed by atoms with E-state index in [9.17, 15) is 8.78 Å². The predicted octanol–water partition coefficient (Wildman–Crippen LogP) is 2.20. The minimum absolute atomic E-state index is 0.147. The van der Waals surface area contributed by atoms with Gasteiger partial charge in [0.1, 0.15) is 11.6 Å². The molecule has 1 aromatic carbocycles. The van der Waals surface area contributed by atoms with Crippen LogP contribution in [0, 0.1) is 11.6 Å². The first kappa shape index (κ1) is 22.9. The van der Waals surface area contributed by atoms with Gasteiger partial charge in [0.2, 0.25) is 0 Å². The van der Waals surface area contributed by atoms with E-state index >= 15 is 0 Å². The number of guanidine groups is 1. The van der Waals surface area contributed by atoms with Crippen molar-refractivity contribution in [3.8, 4) is 0 Å². The van der Waals surface area contributed by atoms with Crippen LogP contribution in [0.1, 0.15) is 32.3 Å². The first-order valence-electron chi connectivity index (χ1n) is 10.9. The van der Waals surface area contributed by atoms with E-state index in [1.807, 2.05) is 0 Å². The molecule has 2 fully saturated rings. The zero-order valence-electron chi connectivity index (χ0n) is 18.3. The molecular weight excluding hydrogens is 388 g/mol. The van der Waals surface area contributed by atoms with E-state index in [-0.39, 0.29) is 18.2 Å². The van der Waals surface area contributed by atoms with E-state index in [2.05, 4.69) is 39.3 Å². The maximum atomic E-state index is 14.0. The summed E-state index contributed by atoms with van der Waals surface area (Å²) in [5.41, 5.74) is 0.147. The van der Waals surface area contributed by atoms with E-state index in [0.29, 0.717) is 12.1 Å². The summed E-state index contributed by atoms with van der Waals surface area (Å²) in [6, 6.07) is 5.02. The molecule has 2 aliphatic rings. The zero-order chi connectivity index (χ0) is 21.5. The van der Waals surface area contributed by atoms with Gasteiger partial charge in [-0.2, -0.15) is 0 Å². The fraction of sp³-hybridized carbons (Fsp3) is 0.682. The molecule has 3 atom stereocenters. The summed E-state index contributed by atoms with van der Waals surface area (Å²) in [6.45, 7) is 9.55. The Morgan fingerprint density at radius 1 is 1.30 bits per heavy atom. The van der Waals surface area contributed by atoms with Gasteiger partial charge >= 0.3 is 0 Å². The Kier molecular flexibility index (Phi) is 8.41. The lowest BCUT2D eigenvalue weighted by Crippen LogP contribution is -2.55. The number of nitrogens with zero attached hydrogens (tertiary/aromatic N) is 3. The number of morpholine rings is 1. The zero-order valence-corrected chi connectivity index (χ0v) is 18.3. The topological polar surface area (TPSA) is 52.1 Å². The summed E-state index contributed by atoms with van der Waals surface area (Å²) >= 11 is 0. The summed E-state index contributed by atoms with van der Waals surface area (Å²) in [4.78, 5) is 8.93. The normalized spacial score (nSPS) is 25.2. The highest BCUT2D eigenvalue weighted by Crippen LogP contribution is 2.18. The summed E-state index contributed by atoms with van der Waals surface area (Å²) < 4.78 is 33.5. The third-order valence-electron chi connectivity index (χ3n) is 6.06. The van der Waals surface area contributed by atoms with Crippen LogP contribution in [0.4, 0.5) is 8.78 Å². The number of hydrogen-bond donors (Lipinski definition) is 2. The van der Waals surface area contributed by atoms with Gasteiger partial charge in [0.15, 0.2) is 5.96 Å². The molecule has 1 aromatic rings. The fourth-order valence-corrected chi connectivity index (χ4v) is 4.37. The number of piperidine rings is 1. The van der Waals surface area contributed by atoms with Crippen LogP contribution in [0.2, 0.25) is 0 Å². The van der Waals surface area contributed by atoms with Crippen molar-refractivity contribution in [1.29, 1.82) is 0 Å². The molecule has 2 N–H and O–H groups in total. The third-order valence-corrected chi connectivity index (χ3v) is 6.06. The average Bonchev–Trinajstić information content (AvgIpc) is 2.74. The number of aliphatic imine (C=N–C) groups is 1. The number of benzene rings is 1. The molecule has 0 bridgehead atoms. The molecule has 2 saturated heterocycles. The first-order valence-corrected chi connectivity index (χ1v) is 10.9. The number of halogens is 2. The van der Waals surface area contributed by atoms with Crippen molar-refractivity contribution >= 4 is 5.96 Å². The Bertz CT molecular complexity index is 697. The largest absolute Gasteiger partial charge is 0.379 e. The maximum absolute atomic E-state index is 14.0. The highest BCUT2D eigenvalue weighted by molar-refractivity contribution is 5.80. The monoisotopic (exact) mass is 423 g/mol. The molecule has 0 saturated carbocycles. The maximum Gasteiger partial charge on any atom is 0.191 e. The number of nitrogens with one attached hydrogen (secondary N) is 2. The predicted molar refractivity (Wildman–Crippen MR) is 116 cm³/mol. The fourth-order valence-electron chi connectivity index (χ4n) is 4.37.